The van der Waals surface area contributed by atoms with E-state index in [1.54, 1.807) is 6.07 Å². The van der Waals surface area contributed by atoms with E-state index in [0.29, 0.717) is 38.0 Å². The van der Waals surface area contributed by atoms with Crippen LogP contribution in [0.1, 0.15) is 17.5 Å². The topological polar surface area (TPSA) is 98.9 Å². The van der Waals surface area contributed by atoms with Crippen LogP contribution in [0.3, 0.4) is 0 Å². The van der Waals surface area contributed by atoms with Gasteiger partial charge in [0.05, 0.1) is 6.54 Å². The van der Waals surface area contributed by atoms with Crippen LogP contribution in [-0.4, -0.2) is 48.1 Å². The molecule has 0 saturated carbocycles. The molecule has 1 saturated heterocycles. The largest absolute Gasteiger partial charge is 0.506 e. The lowest BCUT2D eigenvalue weighted by Gasteiger charge is -2.29. The van der Waals surface area contributed by atoms with Crippen LogP contribution >= 0.6 is 0 Å². The van der Waals surface area contributed by atoms with Crippen LogP contribution in [0.4, 0.5) is 5.69 Å². The minimum atomic E-state index is -0.216. The number of phenols is 1. The van der Waals surface area contributed by atoms with Crippen LogP contribution in [0, 0.1) is 0 Å². The molecule has 0 unspecified atom stereocenters. The van der Waals surface area contributed by atoms with Gasteiger partial charge in [-0.15, -0.1) is 0 Å². The molecule has 27 heavy (non-hydrogen) atoms. The number of nitrogens with one attached hydrogen (secondary N) is 1. The molecule has 1 aliphatic rings. The number of hydrazine groups is 1. The summed E-state index contributed by atoms with van der Waals surface area (Å²) in [6.07, 6.45) is 2.10. The van der Waals surface area contributed by atoms with Crippen molar-refractivity contribution in [2.75, 3.05) is 24.6 Å². The highest BCUT2D eigenvalue weighted by Crippen LogP contribution is 2.30. The molecule has 0 spiro atoms. The molecule has 0 bridgehead atoms. The summed E-state index contributed by atoms with van der Waals surface area (Å²) in [4.78, 5) is 23.2. The summed E-state index contributed by atoms with van der Waals surface area (Å²) in [6.45, 7) is 1.01. The standard InChI is InChI=1S/C20H24N4O3/c21-12-20(27)22-17-8-9-23(13-17)24(14-25)18-11-16(6-7-19(18)26)10-15-4-2-1-3-5-15/h1-7,11,14,17,26H,8-10,12-13,21H2,(H,22,27)/t17-/m1/s1. The highest BCUT2D eigenvalue weighted by Gasteiger charge is 2.29. The number of carbonyl (C=O) groups excluding carboxylic acids is 2. The zero-order chi connectivity index (χ0) is 19.2. The zero-order valence-electron chi connectivity index (χ0n) is 15.0. The van der Waals surface area contributed by atoms with Crippen molar-refractivity contribution in [2.45, 2.75) is 18.9 Å². The summed E-state index contributed by atoms with van der Waals surface area (Å²) in [5.74, 6) is -0.180. The van der Waals surface area contributed by atoms with Crippen molar-refractivity contribution in [3.05, 3.63) is 59.7 Å². The number of benzene rings is 2. The fourth-order valence-electron chi connectivity index (χ4n) is 3.31. The minimum Gasteiger partial charge on any atom is -0.506 e. The van der Waals surface area contributed by atoms with Crippen LogP contribution in [0.2, 0.25) is 0 Å². The minimum absolute atomic E-state index is 0.0355. The third-order valence-electron chi connectivity index (χ3n) is 4.66. The van der Waals surface area contributed by atoms with Crippen molar-refractivity contribution < 1.29 is 14.7 Å². The molecule has 1 fully saturated rings. The lowest BCUT2D eigenvalue weighted by molar-refractivity contribution is -0.120. The van der Waals surface area contributed by atoms with Gasteiger partial charge in [-0.05, 0) is 36.1 Å². The number of rotatable bonds is 7. The Balaban J connectivity index is 1.76. The van der Waals surface area contributed by atoms with Crippen molar-refractivity contribution in [1.82, 2.24) is 10.3 Å². The monoisotopic (exact) mass is 368 g/mol. The third kappa shape index (κ3) is 4.64. The van der Waals surface area contributed by atoms with E-state index < -0.39 is 0 Å². The molecule has 0 radical (unpaired) electrons. The SMILES string of the molecule is NCC(=O)N[C@@H]1CCN(N(C=O)c2cc(Cc3ccccc3)ccc2O)C1. The van der Waals surface area contributed by atoms with Gasteiger partial charge >= 0.3 is 0 Å². The third-order valence-corrected chi connectivity index (χ3v) is 4.66. The number of hydrogen-bond donors (Lipinski definition) is 3. The smallest absolute Gasteiger partial charge is 0.233 e. The Labute approximate surface area is 158 Å². The van der Waals surface area contributed by atoms with Gasteiger partial charge in [0.2, 0.25) is 12.3 Å². The first-order valence-corrected chi connectivity index (χ1v) is 8.95. The molecular weight excluding hydrogens is 344 g/mol. The van der Waals surface area contributed by atoms with E-state index in [2.05, 4.69) is 5.32 Å². The van der Waals surface area contributed by atoms with E-state index in [1.807, 2.05) is 47.5 Å². The van der Waals surface area contributed by atoms with Crippen molar-refractivity contribution in [3.8, 4) is 5.75 Å². The Hall–Kier alpha value is -2.90. The second-order valence-electron chi connectivity index (χ2n) is 6.61. The van der Waals surface area contributed by atoms with Gasteiger partial charge in [-0.3, -0.25) is 9.59 Å². The van der Waals surface area contributed by atoms with Crippen molar-refractivity contribution >= 4 is 18.0 Å². The quantitative estimate of drug-likeness (QED) is 0.634. The first-order valence-electron chi connectivity index (χ1n) is 8.95. The maximum absolute atomic E-state index is 11.8. The maximum atomic E-state index is 11.8. The molecule has 1 aliphatic heterocycles. The summed E-state index contributed by atoms with van der Waals surface area (Å²) in [6, 6.07) is 15.2. The molecule has 2 aromatic rings. The molecule has 0 aliphatic carbocycles. The van der Waals surface area contributed by atoms with Crippen LogP contribution in [0.15, 0.2) is 48.5 Å². The van der Waals surface area contributed by atoms with Crippen LogP contribution in [-0.2, 0) is 16.0 Å². The lowest BCUT2D eigenvalue weighted by atomic mass is 10.0. The number of aromatic hydroxyl groups is 1. The number of phenolic OH excluding ortho intramolecular Hbond substituents is 1. The highest BCUT2D eigenvalue weighted by atomic mass is 16.3. The summed E-state index contributed by atoms with van der Waals surface area (Å²) in [5, 5.41) is 16.4. The first-order chi connectivity index (χ1) is 13.1. The number of nitrogens with two attached hydrogens (primary N) is 1. The summed E-state index contributed by atoms with van der Waals surface area (Å²) < 4.78 is 0. The average molecular weight is 368 g/mol. The van der Waals surface area contributed by atoms with Gasteiger partial charge in [-0.25, -0.2) is 10.0 Å². The van der Waals surface area contributed by atoms with E-state index in [-0.39, 0.29) is 24.2 Å². The molecule has 142 valence electrons. The number of amides is 2. The van der Waals surface area contributed by atoms with Crippen molar-refractivity contribution in [3.63, 3.8) is 0 Å². The molecule has 2 amide bonds. The summed E-state index contributed by atoms with van der Waals surface area (Å²) in [5.41, 5.74) is 7.91. The second-order valence-corrected chi connectivity index (χ2v) is 6.61. The van der Waals surface area contributed by atoms with Gasteiger partial charge in [0.25, 0.3) is 0 Å². The normalized spacial score (nSPS) is 16.9. The van der Waals surface area contributed by atoms with E-state index in [1.165, 1.54) is 5.01 Å². The van der Waals surface area contributed by atoms with E-state index in [4.69, 9.17) is 5.73 Å². The van der Waals surface area contributed by atoms with E-state index in [0.717, 1.165) is 11.1 Å². The van der Waals surface area contributed by atoms with Crippen molar-refractivity contribution in [2.24, 2.45) is 5.73 Å². The Morgan fingerprint density at radius 1 is 1.26 bits per heavy atom. The van der Waals surface area contributed by atoms with Crippen molar-refractivity contribution in [1.29, 1.82) is 0 Å². The number of nitrogens with zero attached hydrogens (tertiary/aromatic N) is 2. The van der Waals surface area contributed by atoms with Gasteiger partial charge in [0.1, 0.15) is 11.4 Å². The summed E-state index contributed by atoms with van der Waals surface area (Å²) in [7, 11) is 0. The Morgan fingerprint density at radius 3 is 2.74 bits per heavy atom. The zero-order valence-corrected chi connectivity index (χ0v) is 15.0. The predicted molar refractivity (Wildman–Crippen MR) is 103 cm³/mol. The molecule has 4 N–H and O–H groups in total. The number of anilines is 1. The Kier molecular flexibility index (Phi) is 6.05. The summed E-state index contributed by atoms with van der Waals surface area (Å²) >= 11 is 0. The fourth-order valence-corrected chi connectivity index (χ4v) is 3.31. The Morgan fingerprint density at radius 2 is 2.04 bits per heavy atom. The van der Waals surface area contributed by atoms with Gasteiger partial charge in [-0.1, -0.05) is 36.4 Å². The molecule has 2 aromatic carbocycles. The highest BCUT2D eigenvalue weighted by molar-refractivity contribution is 5.79. The maximum Gasteiger partial charge on any atom is 0.233 e. The molecule has 1 atom stereocenters. The fraction of sp³-hybridized carbons (Fsp3) is 0.300. The molecule has 3 rings (SSSR count). The van der Waals surface area contributed by atoms with Gasteiger partial charge in [0.15, 0.2) is 0 Å². The van der Waals surface area contributed by atoms with Crippen LogP contribution in [0.5, 0.6) is 5.75 Å². The van der Waals surface area contributed by atoms with Gasteiger partial charge in [-0.2, -0.15) is 0 Å². The van der Waals surface area contributed by atoms with E-state index >= 15 is 0 Å². The first kappa shape index (κ1) is 18.9. The lowest BCUT2D eigenvalue weighted by Crippen LogP contribution is -2.44. The number of hydrogen-bond acceptors (Lipinski definition) is 5. The Bertz CT molecular complexity index is 797. The molecule has 7 heteroatoms. The molecular formula is C20H24N4O3. The molecule has 0 aromatic heterocycles. The van der Waals surface area contributed by atoms with E-state index in [9.17, 15) is 14.7 Å². The molecule has 7 nitrogen and oxygen atoms in total. The number of carbonyl (C=O) groups is 2. The molecule has 1 heterocycles. The predicted octanol–water partition coefficient (Wildman–Crippen LogP) is 1.01. The van der Waals surface area contributed by atoms with Crippen LogP contribution in [0.25, 0.3) is 0 Å². The average Bonchev–Trinajstić information content (AvgIpc) is 3.13. The van der Waals surface area contributed by atoms with Gasteiger partial charge in [0, 0.05) is 19.1 Å². The second kappa shape index (κ2) is 8.66. The van der Waals surface area contributed by atoms with Gasteiger partial charge < -0.3 is 16.2 Å². The van der Waals surface area contributed by atoms with Crippen LogP contribution < -0.4 is 16.1 Å².